The van der Waals surface area contributed by atoms with E-state index < -0.39 is 0 Å². The second-order valence-corrected chi connectivity index (χ2v) is 5.18. The average molecular weight is 271 g/mol. The van der Waals surface area contributed by atoms with Gasteiger partial charge >= 0.3 is 0 Å². The van der Waals surface area contributed by atoms with Gasteiger partial charge in [0.1, 0.15) is 5.82 Å². The zero-order valence-electron chi connectivity index (χ0n) is 10.1. The first kappa shape index (κ1) is 12.7. The van der Waals surface area contributed by atoms with Crippen molar-refractivity contribution in [3.63, 3.8) is 0 Å². The average Bonchev–Trinajstić information content (AvgIpc) is 2.66. The van der Waals surface area contributed by atoms with Crippen LogP contribution in [-0.4, -0.2) is 15.4 Å². The fraction of sp³-hybridized carbons (Fsp3) is 0.462. The summed E-state index contributed by atoms with van der Waals surface area (Å²) in [6.45, 7) is 4.29. The van der Waals surface area contributed by atoms with Gasteiger partial charge in [0.15, 0.2) is 0 Å². The van der Waals surface area contributed by atoms with Crippen molar-refractivity contribution in [1.82, 2.24) is 9.55 Å². The maximum Gasteiger partial charge on any atom is 0.110 e. The minimum Gasteiger partial charge on any atom is -0.324 e. The summed E-state index contributed by atoms with van der Waals surface area (Å²) in [5.74, 6) is 1.73. The van der Waals surface area contributed by atoms with Crippen molar-refractivity contribution in [3.05, 3.63) is 29.0 Å². The van der Waals surface area contributed by atoms with Crippen LogP contribution >= 0.6 is 23.2 Å². The molecule has 0 aliphatic heterocycles. The van der Waals surface area contributed by atoms with Crippen LogP contribution in [0, 0.1) is 0 Å². The van der Waals surface area contributed by atoms with E-state index in [2.05, 4.69) is 23.4 Å². The van der Waals surface area contributed by atoms with Crippen LogP contribution in [0.4, 0.5) is 0 Å². The number of aromatic nitrogens is 2. The quantitative estimate of drug-likeness (QED) is 0.751. The molecule has 1 aromatic carbocycles. The Morgan fingerprint density at radius 2 is 2.12 bits per heavy atom. The van der Waals surface area contributed by atoms with Gasteiger partial charge < -0.3 is 4.57 Å². The number of para-hydroxylation sites is 1. The number of alkyl halides is 1. The first-order valence-corrected chi connectivity index (χ1v) is 6.77. The van der Waals surface area contributed by atoms with E-state index in [0.717, 1.165) is 34.7 Å². The Morgan fingerprint density at radius 3 is 2.76 bits per heavy atom. The van der Waals surface area contributed by atoms with E-state index in [1.807, 2.05) is 18.2 Å². The molecule has 0 saturated heterocycles. The van der Waals surface area contributed by atoms with E-state index in [0.29, 0.717) is 11.9 Å². The number of imidazole rings is 1. The largest absolute Gasteiger partial charge is 0.324 e. The lowest BCUT2D eigenvalue weighted by molar-refractivity contribution is 0.580. The highest BCUT2D eigenvalue weighted by Crippen LogP contribution is 2.28. The van der Waals surface area contributed by atoms with Crippen LogP contribution in [0.1, 0.15) is 32.1 Å². The van der Waals surface area contributed by atoms with E-state index in [-0.39, 0.29) is 0 Å². The van der Waals surface area contributed by atoms with Gasteiger partial charge in [0, 0.05) is 18.3 Å². The number of fused-ring (bicyclic) bond motifs is 1. The molecule has 1 heterocycles. The van der Waals surface area contributed by atoms with Gasteiger partial charge in [0.05, 0.1) is 16.1 Å². The van der Waals surface area contributed by atoms with E-state index in [1.165, 1.54) is 0 Å². The van der Waals surface area contributed by atoms with Crippen molar-refractivity contribution in [2.45, 2.75) is 32.7 Å². The Labute approximate surface area is 112 Å². The van der Waals surface area contributed by atoms with E-state index >= 15 is 0 Å². The SMILES string of the molecule is CC(C)n1c(CCCCl)nc2cccc(Cl)c21. The number of hydrogen-bond donors (Lipinski definition) is 0. The summed E-state index contributed by atoms with van der Waals surface area (Å²) in [5, 5.41) is 0.765. The molecule has 0 aliphatic carbocycles. The highest BCUT2D eigenvalue weighted by molar-refractivity contribution is 6.35. The van der Waals surface area contributed by atoms with Gasteiger partial charge in [-0.2, -0.15) is 0 Å². The Kier molecular flexibility index (Phi) is 3.95. The second kappa shape index (κ2) is 5.28. The highest BCUT2D eigenvalue weighted by atomic mass is 35.5. The standard InChI is InChI=1S/C13H16Cl2N2/c1-9(2)17-12(7-4-8-14)16-11-6-3-5-10(15)13(11)17/h3,5-6,9H,4,7-8H2,1-2H3. The number of hydrogen-bond acceptors (Lipinski definition) is 1. The van der Waals surface area contributed by atoms with Gasteiger partial charge in [-0.1, -0.05) is 17.7 Å². The molecule has 0 N–H and O–H groups in total. The number of rotatable bonds is 4. The van der Waals surface area contributed by atoms with Crippen LogP contribution < -0.4 is 0 Å². The van der Waals surface area contributed by atoms with Crippen molar-refractivity contribution in [3.8, 4) is 0 Å². The fourth-order valence-electron chi connectivity index (χ4n) is 2.11. The summed E-state index contributed by atoms with van der Waals surface area (Å²) in [4.78, 5) is 4.65. The minimum atomic E-state index is 0.352. The molecule has 0 aliphatic rings. The monoisotopic (exact) mass is 270 g/mol. The van der Waals surface area contributed by atoms with Crippen molar-refractivity contribution in [2.24, 2.45) is 0 Å². The summed E-state index contributed by atoms with van der Waals surface area (Å²) in [6.07, 6.45) is 1.84. The lowest BCUT2D eigenvalue weighted by Crippen LogP contribution is -2.06. The molecule has 2 rings (SSSR count). The predicted molar refractivity (Wildman–Crippen MR) is 74.2 cm³/mol. The first-order valence-electron chi connectivity index (χ1n) is 5.86. The predicted octanol–water partition coefficient (Wildman–Crippen LogP) is 4.44. The highest BCUT2D eigenvalue weighted by Gasteiger charge is 2.14. The van der Waals surface area contributed by atoms with Crippen LogP contribution in [0.3, 0.4) is 0 Å². The lowest BCUT2D eigenvalue weighted by Gasteiger charge is -2.13. The number of halogens is 2. The molecule has 4 heteroatoms. The molecule has 0 atom stereocenters. The number of benzene rings is 1. The van der Waals surface area contributed by atoms with E-state index in [9.17, 15) is 0 Å². The normalized spacial score (nSPS) is 11.6. The molecule has 0 fully saturated rings. The Morgan fingerprint density at radius 1 is 1.35 bits per heavy atom. The van der Waals surface area contributed by atoms with Crippen molar-refractivity contribution in [1.29, 1.82) is 0 Å². The molecular weight excluding hydrogens is 255 g/mol. The molecule has 1 aromatic heterocycles. The van der Waals surface area contributed by atoms with Gasteiger partial charge in [0.2, 0.25) is 0 Å². The summed E-state index contributed by atoms with van der Waals surface area (Å²) in [7, 11) is 0. The minimum absolute atomic E-state index is 0.352. The molecule has 0 bridgehead atoms. The second-order valence-electron chi connectivity index (χ2n) is 4.39. The van der Waals surface area contributed by atoms with Crippen LogP contribution in [0.25, 0.3) is 11.0 Å². The molecule has 0 radical (unpaired) electrons. The molecular formula is C13H16Cl2N2. The molecule has 0 spiro atoms. The Hall–Kier alpha value is -0.730. The smallest absolute Gasteiger partial charge is 0.110 e. The third kappa shape index (κ3) is 2.43. The van der Waals surface area contributed by atoms with Crippen LogP contribution in [-0.2, 0) is 6.42 Å². The van der Waals surface area contributed by atoms with Gasteiger partial charge in [-0.3, -0.25) is 0 Å². The third-order valence-electron chi connectivity index (χ3n) is 2.78. The molecule has 2 nitrogen and oxygen atoms in total. The summed E-state index contributed by atoms with van der Waals surface area (Å²) in [6, 6.07) is 6.21. The van der Waals surface area contributed by atoms with Gasteiger partial charge in [-0.05, 0) is 32.4 Å². The van der Waals surface area contributed by atoms with Crippen molar-refractivity contribution < 1.29 is 0 Å². The van der Waals surface area contributed by atoms with Gasteiger partial charge in [0.25, 0.3) is 0 Å². The van der Waals surface area contributed by atoms with Gasteiger partial charge in [-0.15, -0.1) is 11.6 Å². The van der Waals surface area contributed by atoms with Crippen LogP contribution in [0.5, 0.6) is 0 Å². The molecule has 0 unspecified atom stereocenters. The lowest BCUT2D eigenvalue weighted by atomic mass is 10.2. The van der Waals surface area contributed by atoms with Gasteiger partial charge in [-0.25, -0.2) is 4.98 Å². The van der Waals surface area contributed by atoms with E-state index in [4.69, 9.17) is 23.2 Å². The molecule has 0 saturated carbocycles. The third-order valence-corrected chi connectivity index (χ3v) is 3.36. The van der Waals surface area contributed by atoms with Crippen molar-refractivity contribution >= 4 is 34.2 Å². The summed E-state index contributed by atoms with van der Waals surface area (Å²) >= 11 is 12.0. The zero-order valence-corrected chi connectivity index (χ0v) is 11.6. The number of aryl methyl sites for hydroxylation is 1. The van der Waals surface area contributed by atoms with E-state index in [1.54, 1.807) is 0 Å². The zero-order chi connectivity index (χ0) is 12.4. The first-order chi connectivity index (χ1) is 8.15. The molecule has 0 amide bonds. The maximum atomic E-state index is 6.27. The summed E-state index contributed by atoms with van der Waals surface area (Å²) < 4.78 is 2.21. The van der Waals surface area contributed by atoms with Crippen LogP contribution in [0.15, 0.2) is 18.2 Å². The molecule has 92 valence electrons. The van der Waals surface area contributed by atoms with Crippen molar-refractivity contribution in [2.75, 3.05) is 5.88 Å². The molecule has 2 aromatic rings. The molecule has 17 heavy (non-hydrogen) atoms. The number of nitrogens with zero attached hydrogens (tertiary/aromatic N) is 2. The Balaban J connectivity index is 2.59. The summed E-state index contributed by atoms with van der Waals surface area (Å²) in [5.41, 5.74) is 2.00. The van der Waals surface area contributed by atoms with Crippen LogP contribution in [0.2, 0.25) is 5.02 Å². The topological polar surface area (TPSA) is 17.8 Å². The fourth-order valence-corrected chi connectivity index (χ4v) is 2.51. The maximum absolute atomic E-state index is 6.27. The Bertz CT molecular complexity index is 517.